The van der Waals surface area contributed by atoms with E-state index in [1.54, 1.807) is 6.33 Å². The van der Waals surface area contributed by atoms with Gasteiger partial charge in [-0.1, -0.05) is 5.16 Å². The molecule has 4 rings (SSSR count). The lowest BCUT2D eigenvalue weighted by Crippen LogP contribution is -2.47. The van der Waals surface area contributed by atoms with E-state index in [9.17, 15) is 0 Å². The number of hydrogen-bond donors (Lipinski definition) is 0. The summed E-state index contributed by atoms with van der Waals surface area (Å²) in [6.07, 6.45) is 2.75. The van der Waals surface area contributed by atoms with Crippen molar-refractivity contribution in [2.75, 3.05) is 44.7 Å². The lowest BCUT2D eigenvalue weighted by molar-refractivity contribution is 0.246. The standard InChI is InChI=1S/C18H26N6O/c1-13-15(14(2)25-21-13)11-23-6-8-24(9-7-23)18-16-10-22(3)5-4-17(16)19-12-20-18/h12H,4-11H2,1-3H3. The first-order chi connectivity index (χ1) is 12.1. The lowest BCUT2D eigenvalue weighted by atomic mass is 10.1. The van der Waals surface area contributed by atoms with Crippen molar-refractivity contribution in [1.82, 2.24) is 24.9 Å². The Hall–Kier alpha value is -1.99. The van der Waals surface area contributed by atoms with E-state index >= 15 is 0 Å². The van der Waals surface area contributed by atoms with Gasteiger partial charge in [0.05, 0.1) is 11.4 Å². The van der Waals surface area contributed by atoms with Crippen LogP contribution in [0.3, 0.4) is 0 Å². The second kappa shape index (κ2) is 6.72. The topological polar surface area (TPSA) is 61.5 Å². The minimum atomic E-state index is 0.916. The molecular weight excluding hydrogens is 316 g/mol. The normalized spacial score (nSPS) is 19.2. The van der Waals surface area contributed by atoms with Gasteiger partial charge in [0.25, 0.3) is 0 Å². The Bertz CT molecular complexity index is 731. The zero-order chi connectivity index (χ0) is 17.4. The minimum Gasteiger partial charge on any atom is -0.361 e. The molecule has 2 aliphatic heterocycles. The van der Waals surface area contributed by atoms with E-state index < -0.39 is 0 Å². The maximum absolute atomic E-state index is 5.29. The number of nitrogens with zero attached hydrogens (tertiary/aromatic N) is 6. The van der Waals surface area contributed by atoms with E-state index in [0.29, 0.717) is 0 Å². The first-order valence-corrected chi connectivity index (χ1v) is 9.02. The first-order valence-electron chi connectivity index (χ1n) is 9.02. The van der Waals surface area contributed by atoms with E-state index in [1.165, 1.54) is 16.8 Å². The largest absolute Gasteiger partial charge is 0.361 e. The molecule has 7 nitrogen and oxygen atoms in total. The Labute approximate surface area is 148 Å². The molecule has 2 aromatic rings. The van der Waals surface area contributed by atoms with Gasteiger partial charge in [-0.15, -0.1) is 0 Å². The van der Waals surface area contributed by atoms with Gasteiger partial charge in [0.15, 0.2) is 0 Å². The average Bonchev–Trinajstić information content (AvgIpc) is 2.94. The molecule has 1 saturated heterocycles. The van der Waals surface area contributed by atoms with Crippen molar-refractivity contribution >= 4 is 5.82 Å². The van der Waals surface area contributed by atoms with E-state index in [4.69, 9.17) is 4.52 Å². The summed E-state index contributed by atoms with van der Waals surface area (Å²) in [6.45, 7) is 11.0. The molecule has 0 saturated carbocycles. The van der Waals surface area contributed by atoms with Crippen LogP contribution in [0, 0.1) is 13.8 Å². The zero-order valence-corrected chi connectivity index (χ0v) is 15.3. The van der Waals surface area contributed by atoms with E-state index in [1.807, 2.05) is 13.8 Å². The molecule has 2 aliphatic rings. The molecule has 1 fully saturated rings. The van der Waals surface area contributed by atoms with Gasteiger partial charge in [0, 0.05) is 63.4 Å². The van der Waals surface area contributed by atoms with Gasteiger partial charge in [-0.05, 0) is 20.9 Å². The van der Waals surface area contributed by atoms with Crippen LogP contribution in [0.4, 0.5) is 5.82 Å². The quantitative estimate of drug-likeness (QED) is 0.835. The highest BCUT2D eigenvalue weighted by Gasteiger charge is 2.25. The molecule has 4 heterocycles. The highest BCUT2D eigenvalue weighted by Crippen LogP contribution is 2.26. The first kappa shape index (κ1) is 16.5. The molecule has 0 spiro atoms. The van der Waals surface area contributed by atoms with Crippen LogP contribution in [0.25, 0.3) is 0 Å². The van der Waals surface area contributed by atoms with Crippen molar-refractivity contribution in [2.45, 2.75) is 33.4 Å². The van der Waals surface area contributed by atoms with Crippen LogP contribution in [0.5, 0.6) is 0 Å². The summed E-state index contributed by atoms with van der Waals surface area (Å²) in [5.41, 5.74) is 4.78. The van der Waals surface area contributed by atoms with E-state index in [0.717, 1.165) is 69.5 Å². The summed E-state index contributed by atoms with van der Waals surface area (Å²) in [5, 5.41) is 4.07. The third-order valence-corrected chi connectivity index (χ3v) is 5.40. The number of anilines is 1. The summed E-state index contributed by atoms with van der Waals surface area (Å²) >= 11 is 0. The Kier molecular flexibility index (Phi) is 4.43. The van der Waals surface area contributed by atoms with Crippen LogP contribution in [0.15, 0.2) is 10.9 Å². The molecule has 25 heavy (non-hydrogen) atoms. The third kappa shape index (κ3) is 3.26. The Morgan fingerprint density at radius 2 is 1.88 bits per heavy atom. The molecule has 7 heteroatoms. The fourth-order valence-corrected chi connectivity index (χ4v) is 3.80. The van der Waals surface area contributed by atoms with Gasteiger partial charge < -0.3 is 14.3 Å². The van der Waals surface area contributed by atoms with Gasteiger partial charge in [-0.3, -0.25) is 4.90 Å². The fraction of sp³-hybridized carbons (Fsp3) is 0.611. The number of fused-ring (bicyclic) bond motifs is 1. The van der Waals surface area contributed by atoms with Crippen LogP contribution in [-0.4, -0.2) is 64.7 Å². The summed E-state index contributed by atoms with van der Waals surface area (Å²) < 4.78 is 5.29. The maximum Gasteiger partial charge on any atom is 0.138 e. The summed E-state index contributed by atoms with van der Waals surface area (Å²) in [4.78, 5) is 16.4. The van der Waals surface area contributed by atoms with Crippen molar-refractivity contribution in [1.29, 1.82) is 0 Å². The number of hydrogen-bond acceptors (Lipinski definition) is 7. The number of likely N-dealkylation sites (N-methyl/N-ethyl adjacent to an activating group) is 1. The van der Waals surface area contributed by atoms with Crippen LogP contribution in [-0.2, 0) is 19.5 Å². The molecule has 0 N–H and O–H groups in total. The number of piperazine rings is 1. The maximum atomic E-state index is 5.29. The summed E-state index contributed by atoms with van der Waals surface area (Å²) in [7, 11) is 2.17. The molecule has 0 amide bonds. The molecule has 0 unspecified atom stereocenters. The second-order valence-electron chi connectivity index (χ2n) is 7.18. The van der Waals surface area contributed by atoms with Gasteiger partial charge in [-0.2, -0.15) is 0 Å². The monoisotopic (exact) mass is 342 g/mol. The lowest BCUT2D eigenvalue weighted by Gasteiger charge is -2.37. The predicted molar refractivity (Wildman–Crippen MR) is 95.5 cm³/mol. The zero-order valence-electron chi connectivity index (χ0n) is 15.3. The predicted octanol–water partition coefficient (Wildman–Crippen LogP) is 1.39. The summed E-state index contributed by atoms with van der Waals surface area (Å²) in [6, 6.07) is 0. The molecular formula is C18H26N6O. The van der Waals surface area contributed by atoms with Gasteiger partial charge in [0.2, 0.25) is 0 Å². The Morgan fingerprint density at radius 3 is 2.60 bits per heavy atom. The molecule has 0 atom stereocenters. The number of aromatic nitrogens is 3. The SMILES string of the molecule is Cc1noc(C)c1CN1CCN(c2ncnc3c2CN(C)CC3)CC1. The van der Waals surface area contributed by atoms with Crippen LogP contribution >= 0.6 is 0 Å². The van der Waals surface area contributed by atoms with Crippen molar-refractivity contribution in [3.63, 3.8) is 0 Å². The molecule has 0 aliphatic carbocycles. The minimum absolute atomic E-state index is 0.916. The highest BCUT2D eigenvalue weighted by molar-refractivity contribution is 5.50. The van der Waals surface area contributed by atoms with Gasteiger partial charge in [0.1, 0.15) is 17.9 Å². The Balaban J connectivity index is 1.44. The van der Waals surface area contributed by atoms with Gasteiger partial charge >= 0.3 is 0 Å². The third-order valence-electron chi connectivity index (χ3n) is 5.40. The molecule has 0 aromatic carbocycles. The number of rotatable bonds is 3. The average molecular weight is 342 g/mol. The van der Waals surface area contributed by atoms with Gasteiger partial charge in [-0.25, -0.2) is 9.97 Å². The van der Waals surface area contributed by atoms with Crippen molar-refractivity contribution in [3.8, 4) is 0 Å². The molecule has 0 radical (unpaired) electrons. The van der Waals surface area contributed by atoms with Crippen molar-refractivity contribution in [2.24, 2.45) is 0 Å². The van der Waals surface area contributed by atoms with Crippen LogP contribution in [0.1, 0.15) is 28.3 Å². The Morgan fingerprint density at radius 1 is 1.08 bits per heavy atom. The van der Waals surface area contributed by atoms with E-state index in [-0.39, 0.29) is 0 Å². The summed E-state index contributed by atoms with van der Waals surface area (Å²) in [5.74, 6) is 2.07. The smallest absolute Gasteiger partial charge is 0.138 e. The van der Waals surface area contributed by atoms with E-state index in [2.05, 4.69) is 36.9 Å². The van der Waals surface area contributed by atoms with Crippen molar-refractivity contribution < 1.29 is 4.52 Å². The second-order valence-corrected chi connectivity index (χ2v) is 7.18. The van der Waals surface area contributed by atoms with Crippen LogP contribution in [0.2, 0.25) is 0 Å². The fourth-order valence-electron chi connectivity index (χ4n) is 3.80. The highest BCUT2D eigenvalue weighted by atomic mass is 16.5. The molecule has 0 bridgehead atoms. The molecule has 2 aromatic heterocycles. The number of aryl methyl sites for hydroxylation is 2. The molecule has 134 valence electrons. The van der Waals surface area contributed by atoms with Crippen molar-refractivity contribution in [3.05, 3.63) is 34.6 Å². The van der Waals surface area contributed by atoms with Crippen LogP contribution < -0.4 is 4.90 Å².